The fraction of sp³-hybridized carbons (Fsp3) is 0.100. The molecule has 0 bridgehead atoms. The third-order valence-electron chi connectivity index (χ3n) is 11.7. The van der Waals surface area contributed by atoms with Crippen LogP contribution >= 0.6 is 0 Å². The van der Waals surface area contributed by atoms with Gasteiger partial charge in [-0.25, -0.2) is 4.98 Å². The Kier molecular flexibility index (Phi) is 7.51. The Balaban J connectivity index is 0.00000736. The van der Waals surface area contributed by atoms with E-state index in [2.05, 4.69) is 17.1 Å². The molecule has 3 heterocycles. The van der Waals surface area contributed by atoms with Crippen LogP contribution < -0.4 is 14.5 Å². The zero-order valence-corrected chi connectivity index (χ0v) is 37.3. The van der Waals surface area contributed by atoms with Gasteiger partial charge in [-0.2, -0.15) is 12.1 Å². The Morgan fingerprint density at radius 3 is 2.14 bits per heavy atom. The summed E-state index contributed by atoms with van der Waals surface area (Å²) in [5.74, 6) is 1.07. The van der Waals surface area contributed by atoms with Crippen LogP contribution in [0.1, 0.15) is 57.8 Å². The molecule has 0 radical (unpaired) electrons. The van der Waals surface area contributed by atoms with Gasteiger partial charge in [-0.05, 0) is 93.8 Å². The van der Waals surface area contributed by atoms with Gasteiger partial charge in [0.1, 0.15) is 5.82 Å². The molecule has 0 saturated heterocycles. The molecule has 10 aromatic rings. The van der Waals surface area contributed by atoms with Gasteiger partial charge in [-0.1, -0.05) is 147 Å². The topological polar surface area (TPSA) is 33.5 Å². The van der Waals surface area contributed by atoms with Gasteiger partial charge in [-0.15, -0.1) is 48.1 Å². The molecule has 0 N–H and O–H groups in total. The van der Waals surface area contributed by atoms with Gasteiger partial charge in [0.05, 0.1) is 0 Å². The van der Waals surface area contributed by atoms with Crippen LogP contribution in [0.25, 0.3) is 61.0 Å². The van der Waals surface area contributed by atoms with E-state index in [-0.39, 0.29) is 32.2 Å². The number of anilines is 4. The molecule has 6 heteroatoms. The van der Waals surface area contributed by atoms with Crippen LogP contribution in [0.15, 0.2) is 188 Å². The number of aromatic nitrogens is 2. The molecule has 0 spiro atoms. The first-order valence-corrected chi connectivity index (χ1v) is 20.9. The van der Waals surface area contributed by atoms with E-state index in [9.17, 15) is 0 Å². The van der Waals surface area contributed by atoms with Crippen molar-refractivity contribution >= 4 is 44.6 Å². The fourth-order valence-corrected chi connectivity index (χ4v) is 8.69. The minimum Gasteiger partial charge on any atom is -0.509 e. The van der Waals surface area contributed by atoms with Gasteiger partial charge >= 0.3 is 0 Å². The summed E-state index contributed by atoms with van der Waals surface area (Å²) in [6, 6.07) is 59.9. The zero-order chi connectivity index (χ0) is 56.7. The number of pyridine rings is 1. The van der Waals surface area contributed by atoms with Gasteiger partial charge in [-0.3, -0.25) is 0 Å². The van der Waals surface area contributed by atoms with E-state index in [1.807, 2.05) is 130 Å². The molecule has 1 aliphatic heterocycles. The molecule has 2 aromatic heterocycles. The number of hydrogen-bond donors (Lipinski definition) is 0. The van der Waals surface area contributed by atoms with Crippen molar-refractivity contribution < 1.29 is 46.4 Å². The second-order valence-electron chi connectivity index (χ2n) is 15.8. The van der Waals surface area contributed by atoms with Crippen molar-refractivity contribution in [3.05, 3.63) is 224 Å². The van der Waals surface area contributed by atoms with Gasteiger partial charge < -0.3 is 19.1 Å². The molecule has 8 aromatic carbocycles. The van der Waals surface area contributed by atoms with Crippen molar-refractivity contribution in [2.75, 3.05) is 9.80 Å². The Bertz CT molecular complexity index is 3950. The number of hydrogen-bond acceptors (Lipinski definition) is 4. The van der Waals surface area contributed by atoms with Crippen molar-refractivity contribution in [1.82, 2.24) is 9.55 Å². The molecule has 1 aliphatic rings. The average molecular weight is 1050 g/mol. The van der Waals surface area contributed by atoms with Crippen molar-refractivity contribution in [1.29, 1.82) is 0 Å². The van der Waals surface area contributed by atoms with Crippen LogP contribution in [0.4, 0.5) is 22.7 Å². The Labute approximate surface area is 422 Å². The monoisotopic (exact) mass is 1050 g/mol. The van der Waals surface area contributed by atoms with Crippen LogP contribution in [0.2, 0.25) is 0 Å². The normalized spacial score (nSPS) is 16.7. The van der Waals surface area contributed by atoms with Crippen LogP contribution in [-0.2, 0) is 26.5 Å². The quantitative estimate of drug-likeness (QED) is 0.142. The Morgan fingerprint density at radius 2 is 1.32 bits per heavy atom. The van der Waals surface area contributed by atoms with Crippen LogP contribution in [0, 0.1) is 32.5 Å². The summed E-state index contributed by atoms with van der Waals surface area (Å²) in [6.45, 7) is -13.6. The second-order valence-corrected chi connectivity index (χ2v) is 15.8. The summed E-state index contributed by atoms with van der Waals surface area (Å²) < 4.78 is 135. The smallest absolute Gasteiger partial charge is 0.135 e. The maximum absolute atomic E-state index is 8.88. The second kappa shape index (κ2) is 17.3. The van der Waals surface area contributed by atoms with E-state index in [0.717, 1.165) is 21.9 Å². The summed E-state index contributed by atoms with van der Waals surface area (Å²) in [7, 11) is 0. The third-order valence-corrected chi connectivity index (χ3v) is 11.7. The molecule has 0 fully saturated rings. The molecule has 0 amide bonds. The van der Waals surface area contributed by atoms with E-state index < -0.39 is 45.2 Å². The van der Waals surface area contributed by atoms with Crippen molar-refractivity contribution in [3.8, 4) is 50.7 Å². The molecule has 326 valence electrons. The number of benzene rings is 8. The zero-order valence-electron chi connectivity index (χ0n) is 50.0. The third kappa shape index (κ3) is 7.78. The summed E-state index contributed by atoms with van der Waals surface area (Å²) in [5, 5.41) is 1.75. The summed E-state index contributed by atoms with van der Waals surface area (Å²) in [5.41, 5.74) is 3.73. The first kappa shape index (κ1) is 28.7. The van der Waals surface area contributed by atoms with E-state index >= 15 is 0 Å². The Hall–Kier alpha value is -7.20. The molecular formula is C60H47N4OPt-3. The number of aryl methyl sites for hydroxylation is 2. The van der Waals surface area contributed by atoms with Crippen molar-refractivity contribution in [2.45, 2.75) is 39.7 Å². The molecule has 0 unspecified atom stereocenters. The molecule has 0 aliphatic carbocycles. The SMILES string of the molecule is [2H]C([2H])([2H])c1ccnc(-n2c3[c-]c(Oc4[c-]c(N5[CH-]N(c6c(-c7ccc(C(C([2H])([2H])[2H])(C([2H])([2H])[2H])C([2H])([2H])[2H])cc7)cccc6-c6ccc(-c7ccccc7)cc6C([2H])([2H])[2H])c6ccccc65)ccc4)ccc3c3ccccc32)c1.[Pt]. The number of para-hydroxylation sites is 4. The van der Waals surface area contributed by atoms with Gasteiger partial charge in [0.15, 0.2) is 0 Å². The van der Waals surface area contributed by atoms with E-state index in [1.165, 1.54) is 36.5 Å². The van der Waals surface area contributed by atoms with E-state index in [1.54, 1.807) is 42.5 Å². The number of fused-ring (bicyclic) bond motifs is 4. The minimum atomic E-state index is -3.48. The van der Waals surface area contributed by atoms with Crippen LogP contribution in [0.5, 0.6) is 11.5 Å². The van der Waals surface area contributed by atoms with Gasteiger partial charge in [0, 0.05) is 93.0 Å². The first-order chi connectivity index (χ1) is 37.8. The number of ether oxygens (including phenoxy) is 1. The maximum Gasteiger partial charge on any atom is 0.135 e. The van der Waals surface area contributed by atoms with Crippen LogP contribution in [-0.4, -0.2) is 9.55 Å². The van der Waals surface area contributed by atoms with Gasteiger partial charge in [0.25, 0.3) is 0 Å². The molecular weight excluding hydrogens is 988 g/mol. The minimum absolute atomic E-state index is 0. The average Bonchev–Trinajstić information content (AvgIpc) is 3.88. The van der Waals surface area contributed by atoms with E-state index in [4.69, 9.17) is 25.3 Å². The number of nitrogens with zero attached hydrogens (tertiary/aromatic N) is 4. The maximum atomic E-state index is 8.88. The number of rotatable bonds is 8. The fourth-order valence-electron chi connectivity index (χ4n) is 8.69. The van der Waals surface area contributed by atoms with E-state index in [0.29, 0.717) is 73.4 Å². The molecule has 11 rings (SSSR count). The summed E-state index contributed by atoms with van der Waals surface area (Å²) in [4.78, 5) is 8.39. The standard InChI is InChI=1S/C60H47N4O.Pt/c1-40-33-34-61-58(35-40)64-54-22-10-9-19-51(54)52-32-30-48(38-57(52)64)65-47-18-13-17-46(37-47)62-39-63(56-24-12-11-23-55(56)62)59-50(43-25-28-45(29-26-43)60(3,4)5)20-14-21-53(59)49-31-27-44(36-41(49)2)42-15-7-6-8-16-42;/h6-36,39H,1-5H3;/q-3;/i1D3,2D3,3D3,4D3,5D3;. The van der Waals surface area contributed by atoms with Gasteiger partial charge in [0.2, 0.25) is 0 Å². The van der Waals surface area contributed by atoms with Crippen molar-refractivity contribution in [3.63, 3.8) is 0 Å². The Morgan fingerprint density at radius 1 is 0.576 bits per heavy atom. The van der Waals surface area contributed by atoms with Crippen LogP contribution in [0.3, 0.4) is 0 Å². The summed E-state index contributed by atoms with van der Waals surface area (Å²) in [6.07, 6.45) is 1.48. The molecule has 66 heavy (non-hydrogen) atoms. The predicted octanol–water partition coefficient (Wildman–Crippen LogP) is 15.9. The predicted molar refractivity (Wildman–Crippen MR) is 269 cm³/mol. The summed E-state index contributed by atoms with van der Waals surface area (Å²) >= 11 is 0. The largest absolute Gasteiger partial charge is 0.509 e. The van der Waals surface area contributed by atoms with Crippen molar-refractivity contribution in [2.24, 2.45) is 0 Å². The molecule has 5 nitrogen and oxygen atoms in total. The molecule has 0 saturated carbocycles. The first-order valence-electron chi connectivity index (χ1n) is 28.4. The molecule has 0 atom stereocenters.